The number of nitrogens with one attached hydrogen (secondary N) is 1. The van der Waals surface area contributed by atoms with Crippen LogP contribution in [-0.4, -0.2) is 19.1 Å². The third kappa shape index (κ3) is 4.39. The summed E-state index contributed by atoms with van der Waals surface area (Å²) in [5, 5.41) is 3.31. The lowest BCUT2D eigenvalue weighted by molar-refractivity contribution is -0.122. The zero-order valence-electron chi connectivity index (χ0n) is 13.4. The Morgan fingerprint density at radius 1 is 1.22 bits per heavy atom. The smallest absolute Gasteiger partial charge is 0.265 e. The summed E-state index contributed by atoms with van der Waals surface area (Å²) in [5.74, 6) is 0.996. The molecule has 122 valence electrons. The number of methoxy groups -OCH3 is 1. The Labute approximate surface area is 141 Å². The first kappa shape index (κ1) is 17.2. The monoisotopic (exact) mass is 333 g/mol. The van der Waals surface area contributed by atoms with Gasteiger partial charge in [0.15, 0.2) is 6.10 Å². The molecule has 2 rings (SSSR count). The van der Waals surface area contributed by atoms with Gasteiger partial charge in [-0.25, -0.2) is 0 Å². The van der Waals surface area contributed by atoms with E-state index >= 15 is 0 Å². The number of carbonyl (C=O) groups is 1. The highest BCUT2D eigenvalue weighted by atomic mass is 35.5. The molecule has 0 radical (unpaired) electrons. The molecule has 0 aromatic heterocycles. The molecule has 4 nitrogen and oxygen atoms in total. The largest absolute Gasteiger partial charge is 0.495 e. The van der Waals surface area contributed by atoms with Crippen LogP contribution in [0.1, 0.15) is 19.4 Å². The first-order valence-corrected chi connectivity index (χ1v) is 7.82. The van der Waals surface area contributed by atoms with Crippen molar-refractivity contribution < 1.29 is 14.3 Å². The maximum atomic E-state index is 12.4. The van der Waals surface area contributed by atoms with Gasteiger partial charge in [-0.3, -0.25) is 4.79 Å². The lowest BCUT2D eigenvalue weighted by atomic mass is 10.1. The summed E-state index contributed by atoms with van der Waals surface area (Å²) in [7, 11) is 1.54. The van der Waals surface area contributed by atoms with Gasteiger partial charge in [0.1, 0.15) is 11.5 Å². The Balaban J connectivity index is 2.10. The first-order chi connectivity index (χ1) is 11.0. The summed E-state index contributed by atoms with van der Waals surface area (Å²) in [6.07, 6.45) is 0.193. The van der Waals surface area contributed by atoms with Gasteiger partial charge in [0.2, 0.25) is 0 Å². The van der Waals surface area contributed by atoms with E-state index < -0.39 is 6.10 Å². The van der Waals surface area contributed by atoms with Gasteiger partial charge in [-0.05, 0) is 43.2 Å². The molecule has 0 saturated carbocycles. The first-order valence-electron chi connectivity index (χ1n) is 7.44. The van der Waals surface area contributed by atoms with Gasteiger partial charge < -0.3 is 14.8 Å². The van der Waals surface area contributed by atoms with Crippen molar-refractivity contribution in [3.05, 3.63) is 53.1 Å². The summed E-state index contributed by atoms with van der Waals surface area (Å²) in [5.41, 5.74) is 1.58. The minimum absolute atomic E-state index is 0.267. The number of anilines is 1. The molecular weight excluding hydrogens is 314 g/mol. The molecule has 1 atom stereocenters. The number of hydrogen-bond acceptors (Lipinski definition) is 3. The summed E-state index contributed by atoms with van der Waals surface area (Å²) >= 11 is 5.97. The fourth-order valence-electron chi connectivity index (χ4n) is 2.17. The summed E-state index contributed by atoms with van der Waals surface area (Å²) in [4.78, 5) is 12.4. The molecule has 2 aromatic rings. The number of benzene rings is 2. The van der Waals surface area contributed by atoms with Crippen LogP contribution in [0.2, 0.25) is 5.02 Å². The molecule has 0 heterocycles. The van der Waals surface area contributed by atoms with Crippen molar-refractivity contribution in [1.82, 2.24) is 0 Å². The predicted octanol–water partition coefficient (Wildman–Crippen LogP) is 4.32. The summed E-state index contributed by atoms with van der Waals surface area (Å²) in [6.45, 7) is 3.75. The molecule has 5 heteroatoms. The number of para-hydroxylation sites is 1. The Morgan fingerprint density at radius 3 is 2.65 bits per heavy atom. The van der Waals surface area contributed by atoms with Crippen LogP contribution >= 0.6 is 11.6 Å². The van der Waals surface area contributed by atoms with Crippen molar-refractivity contribution in [2.75, 3.05) is 12.4 Å². The zero-order valence-corrected chi connectivity index (χ0v) is 14.2. The molecule has 0 unspecified atom stereocenters. The van der Waals surface area contributed by atoms with E-state index in [1.807, 2.05) is 31.2 Å². The molecule has 1 amide bonds. The third-order valence-corrected chi connectivity index (χ3v) is 3.68. The van der Waals surface area contributed by atoms with Gasteiger partial charge in [-0.2, -0.15) is 0 Å². The van der Waals surface area contributed by atoms with Gasteiger partial charge in [0, 0.05) is 5.02 Å². The van der Waals surface area contributed by atoms with Crippen molar-refractivity contribution in [1.29, 1.82) is 0 Å². The topological polar surface area (TPSA) is 47.6 Å². The fraction of sp³-hybridized carbons (Fsp3) is 0.278. The summed E-state index contributed by atoms with van der Waals surface area (Å²) in [6, 6.07) is 12.7. The van der Waals surface area contributed by atoms with Crippen LogP contribution in [0.4, 0.5) is 5.69 Å². The molecule has 0 saturated heterocycles. The standard InChI is InChI=1S/C18H20ClNO3/c1-4-13-7-5-6-8-16(13)23-12(2)18(21)20-15-11-14(19)9-10-17(15)22-3/h5-12H,4H2,1-3H3,(H,20,21)/t12-/m0/s1. The van der Waals surface area contributed by atoms with Gasteiger partial charge in [0.25, 0.3) is 5.91 Å². The maximum absolute atomic E-state index is 12.4. The van der Waals surface area contributed by atoms with Gasteiger partial charge in [0.05, 0.1) is 12.8 Å². The average Bonchev–Trinajstić information content (AvgIpc) is 2.55. The van der Waals surface area contributed by atoms with E-state index in [2.05, 4.69) is 5.32 Å². The van der Waals surface area contributed by atoms with Gasteiger partial charge in [-0.1, -0.05) is 36.7 Å². The minimum Gasteiger partial charge on any atom is -0.495 e. The summed E-state index contributed by atoms with van der Waals surface area (Å²) < 4.78 is 11.0. The molecule has 0 aliphatic rings. The van der Waals surface area contributed by atoms with Crippen molar-refractivity contribution in [3.8, 4) is 11.5 Å². The highest BCUT2D eigenvalue weighted by Crippen LogP contribution is 2.28. The fourth-order valence-corrected chi connectivity index (χ4v) is 2.34. The van der Waals surface area contributed by atoms with E-state index in [0.717, 1.165) is 17.7 Å². The van der Waals surface area contributed by atoms with Crippen LogP contribution in [0.3, 0.4) is 0 Å². The second-order valence-corrected chi connectivity index (χ2v) is 5.49. The second kappa shape index (κ2) is 7.88. The predicted molar refractivity (Wildman–Crippen MR) is 92.5 cm³/mol. The minimum atomic E-state index is -0.647. The highest BCUT2D eigenvalue weighted by Gasteiger charge is 2.18. The quantitative estimate of drug-likeness (QED) is 0.856. The molecule has 0 spiro atoms. The number of ether oxygens (including phenoxy) is 2. The van der Waals surface area contributed by atoms with E-state index in [0.29, 0.717) is 16.5 Å². The van der Waals surface area contributed by atoms with Crippen LogP contribution in [0.5, 0.6) is 11.5 Å². The van der Waals surface area contributed by atoms with Crippen molar-refractivity contribution >= 4 is 23.2 Å². The van der Waals surface area contributed by atoms with E-state index in [1.54, 1.807) is 25.1 Å². The van der Waals surface area contributed by atoms with E-state index in [1.165, 1.54) is 7.11 Å². The van der Waals surface area contributed by atoms with E-state index in [9.17, 15) is 4.79 Å². The maximum Gasteiger partial charge on any atom is 0.265 e. The molecule has 2 aromatic carbocycles. The van der Waals surface area contributed by atoms with E-state index in [4.69, 9.17) is 21.1 Å². The molecule has 23 heavy (non-hydrogen) atoms. The Kier molecular flexibility index (Phi) is 5.88. The number of hydrogen-bond donors (Lipinski definition) is 1. The van der Waals surface area contributed by atoms with Crippen LogP contribution in [-0.2, 0) is 11.2 Å². The Morgan fingerprint density at radius 2 is 1.96 bits per heavy atom. The number of amides is 1. The van der Waals surface area contributed by atoms with Crippen molar-refractivity contribution in [2.24, 2.45) is 0 Å². The molecule has 0 bridgehead atoms. The lowest BCUT2D eigenvalue weighted by Crippen LogP contribution is -2.30. The molecular formula is C18H20ClNO3. The Bertz CT molecular complexity index is 688. The van der Waals surface area contributed by atoms with Gasteiger partial charge >= 0.3 is 0 Å². The third-order valence-electron chi connectivity index (χ3n) is 3.45. The number of carbonyl (C=O) groups excluding carboxylic acids is 1. The normalized spacial score (nSPS) is 11.7. The van der Waals surface area contributed by atoms with Crippen LogP contribution in [0.25, 0.3) is 0 Å². The zero-order chi connectivity index (χ0) is 16.8. The molecule has 0 aliphatic heterocycles. The van der Waals surface area contributed by atoms with Crippen molar-refractivity contribution in [3.63, 3.8) is 0 Å². The number of halogens is 1. The number of aryl methyl sites for hydroxylation is 1. The Hall–Kier alpha value is -2.20. The van der Waals surface area contributed by atoms with Crippen LogP contribution < -0.4 is 14.8 Å². The average molecular weight is 334 g/mol. The SMILES string of the molecule is CCc1ccccc1O[C@@H](C)C(=O)Nc1cc(Cl)ccc1OC. The molecule has 0 aliphatic carbocycles. The van der Waals surface area contributed by atoms with Crippen LogP contribution in [0, 0.1) is 0 Å². The number of rotatable bonds is 6. The molecule has 1 N–H and O–H groups in total. The second-order valence-electron chi connectivity index (χ2n) is 5.06. The van der Waals surface area contributed by atoms with E-state index in [-0.39, 0.29) is 5.91 Å². The van der Waals surface area contributed by atoms with Crippen molar-refractivity contribution in [2.45, 2.75) is 26.4 Å². The van der Waals surface area contributed by atoms with Gasteiger partial charge in [-0.15, -0.1) is 0 Å². The highest BCUT2D eigenvalue weighted by molar-refractivity contribution is 6.31. The van der Waals surface area contributed by atoms with Crippen LogP contribution in [0.15, 0.2) is 42.5 Å². The lowest BCUT2D eigenvalue weighted by Gasteiger charge is -2.18. The molecule has 0 fully saturated rings.